The van der Waals surface area contributed by atoms with Crippen molar-refractivity contribution in [1.82, 2.24) is 9.80 Å². The Kier molecular flexibility index (Phi) is 8.56. The quantitative estimate of drug-likeness (QED) is 0.263. The van der Waals surface area contributed by atoms with Crippen LogP contribution in [0.2, 0.25) is 0 Å². The summed E-state index contributed by atoms with van der Waals surface area (Å²) >= 11 is 1.56. The van der Waals surface area contributed by atoms with E-state index in [9.17, 15) is 9.59 Å². The molecule has 1 fully saturated rings. The van der Waals surface area contributed by atoms with Crippen molar-refractivity contribution in [3.05, 3.63) is 100 Å². The van der Waals surface area contributed by atoms with Gasteiger partial charge in [0.25, 0.3) is 5.91 Å². The number of thiophene rings is 1. The maximum Gasteiger partial charge on any atom is 0.337 e. The molecule has 1 aliphatic heterocycles. The van der Waals surface area contributed by atoms with Gasteiger partial charge < -0.3 is 19.1 Å². The van der Waals surface area contributed by atoms with Crippen LogP contribution in [0, 0.1) is 0 Å². The van der Waals surface area contributed by atoms with Crippen molar-refractivity contribution < 1.29 is 23.8 Å². The van der Waals surface area contributed by atoms with Crippen molar-refractivity contribution in [1.29, 1.82) is 0 Å². The summed E-state index contributed by atoms with van der Waals surface area (Å²) < 4.78 is 17.8. The maximum atomic E-state index is 13.2. The normalized spacial score (nSPS) is 14.8. The molecule has 1 aromatic heterocycles. The van der Waals surface area contributed by atoms with Gasteiger partial charge in [0.2, 0.25) is 0 Å². The molecule has 7 nitrogen and oxygen atoms in total. The highest BCUT2D eigenvalue weighted by Gasteiger charge is 2.26. The van der Waals surface area contributed by atoms with E-state index < -0.39 is 0 Å². The van der Waals surface area contributed by atoms with Crippen LogP contribution in [0.15, 0.2) is 78.9 Å². The number of methoxy groups -OCH3 is 2. The van der Waals surface area contributed by atoms with Crippen LogP contribution in [0.25, 0.3) is 10.1 Å². The smallest absolute Gasteiger partial charge is 0.337 e. The van der Waals surface area contributed by atoms with E-state index in [1.165, 1.54) is 7.11 Å². The number of carbonyl (C=O) groups excluding carboxylic acids is 2. The number of benzene rings is 3. The number of esters is 1. The molecule has 0 aliphatic carbocycles. The zero-order valence-electron chi connectivity index (χ0n) is 22.2. The molecule has 0 bridgehead atoms. The predicted octanol–water partition coefficient (Wildman–Crippen LogP) is 5.41. The minimum atomic E-state index is -0.360. The van der Waals surface area contributed by atoms with Crippen molar-refractivity contribution >= 4 is 33.3 Å². The minimum Gasteiger partial charge on any atom is -0.497 e. The highest BCUT2D eigenvalue weighted by molar-refractivity contribution is 7.20. The Bertz CT molecular complexity index is 1390. The third-order valence-corrected chi connectivity index (χ3v) is 8.12. The Balaban J connectivity index is 1.23. The molecular formula is C31H32N2O5S. The number of hydrogen-bond acceptors (Lipinski definition) is 7. The van der Waals surface area contributed by atoms with Crippen LogP contribution in [-0.2, 0) is 16.1 Å². The van der Waals surface area contributed by atoms with E-state index in [-0.39, 0.29) is 18.0 Å². The summed E-state index contributed by atoms with van der Waals surface area (Å²) in [5.74, 6) is 0.524. The zero-order chi connectivity index (χ0) is 27.2. The van der Waals surface area contributed by atoms with Crippen molar-refractivity contribution in [2.45, 2.75) is 12.7 Å². The zero-order valence-corrected chi connectivity index (χ0v) is 23.0. The van der Waals surface area contributed by atoms with Crippen LogP contribution < -0.4 is 4.74 Å². The molecule has 0 radical (unpaired) electrons. The summed E-state index contributed by atoms with van der Waals surface area (Å²) in [5, 5.41) is 1.11. The predicted molar refractivity (Wildman–Crippen MR) is 152 cm³/mol. The fourth-order valence-corrected chi connectivity index (χ4v) is 5.79. The Labute approximate surface area is 232 Å². The Morgan fingerprint density at radius 3 is 2.38 bits per heavy atom. The van der Waals surface area contributed by atoms with Crippen molar-refractivity contribution in [3.63, 3.8) is 0 Å². The Morgan fingerprint density at radius 2 is 1.67 bits per heavy atom. The molecule has 0 unspecified atom stereocenters. The van der Waals surface area contributed by atoms with Crippen LogP contribution in [0.4, 0.5) is 0 Å². The lowest BCUT2D eigenvalue weighted by Crippen LogP contribution is -2.49. The van der Waals surface area contributed by atoms with Crippen LogP contribution in [0.3, 0.4) is 0 Å². The first-order chi connectivity index (χ1) is 19.0. The van der Waals surface area contributed by atoms with Gasteiger partial charge in [-0.3, -0.25) is 9.69 Å². The summed E-state index contributed by atoms with van der Waals surface area (Å²) in [4.78, 5) is 30.0. The molecule has 8 heteroatoms. The summed E-state index contributed by atoms with van der Waals surface area (Å²) in [7, 11) is 3.03. The molecule has 2 heterocycles. The second kappa shape index (κ2) is 12.4. The first-order valence-electron chi connectivity index (χ1n) is 13.0. The van der Waals surface area contributed by atoms with Crippen LogP contribution in [0.5, 0.6) is 5.75 Å². The molecule has 1 saturated heterocycles. The van der Waals surface area contributed by atoms with Crippen LogP contribution in [0.1, 0.15) is 37.3 Å². The number of carbonyl (C=O) groups is 2. The highest BCUT2D eigenvalue weighted by atomic mass is 32.1. The van der Waals surface area contributed by atoms with E-state index in [4.69, 9.17) is 14.2 Å². The number of nitrogens with zero attached hydrogens (tertiary/aromatic N) is 2. The van der Waals surface area contributed by atoms with Gasteiger partial charge >= 0.3 is 5.97 Å². The molecule has 39 heavy (non-hydrogen) atoms. The van der Waals surface area contributed by atoms with Gasteiger partial charge in [-0.2, -0.15) is 0 Å². The molecule has 5 rings (SSSR count). The van der Waals surface area contributed by atoms with E-state index >= 15 is 0 Å². The summed E-state index contributed by atoms with van der Waals surface area (Å²) in [6.07, 6.45) is -0.190. The molecule has 0 spiro atoms. The first kappa shape index (κ1) is 26.9. The van der Waals surface area contributed by atoms with E-state index in [0.717, 1.165) is 44.9 Å². The third kappa shape index (κ3) is 6.47. The van der Waals surface area contributed by atoms with Gasteiger partial charge in [-0.1, -0.05) is 42.5 Å². The van der Waals surface area contributed by atoms with E-state index in [1.807, 2.05) is 59.5 Å². The molecule has 1 aliphatic rings. The molecule has 1 atom stereocenters. The lowest BCUT2D eigenvalue weighted by molar-refractivity contribution is 0.00337. The average molecular weight is 545 g/mol. The molecule has 1 amide bonds. The minimum absolute atomic E-state index is 0.104. The van der Waals surface area contributed by atoms with E-state index in [2.05, 4.69) is 17.0 Å². The van der Waals surface area contributed by atoms with Gasteiger partial charge in [-0.05, 0) is 52.9 Å². The van der Waals surface area contributed by atoms with E-state index in [1.54, 1.807) is 30.6 Å². The standard InChI is InChI=1S/C31H32N2O5S/c1-36-26-8-5-7-24(18-26)27(38-21-22-10-12-23(13-11-22)31(35)37-2)20-32-14-16-33(17-15-32)30(34)29-19-25-6-3-4-9-28(25)39-29/h3-13,18-19,27H,14-17,20-21H2,1-2H3/t27-/m0/s1. The van der Waals surface area contributed by atoms with Gasteiger partial charge in [0, 0.05) is 37.4 Å². The number of piperazine rings is 1. The second-order valence-corrected chi connectivity index (χ2v) is 10.6. The second-order valence-electron chi connectivity index (χ2n) is 9.51. The van der Waals surface area contributed by atoms with E-state index in [0.29, 0.717) is 31.8 Å². The number of ether oxygens (including phenoxy) is 3. The largest absolute Gasteiger partial charge is 0.497 e. The third-order valence-electron chi connectivity index (χ3n) is 7.01. The maximum absolute atomic E-state index is 13.2. The van der Waals surface area contributed by atoms with Crippen molar-refractivity contribution in [2.24, 2.45) is 0 Å². The number of hydrogen-bond donors (Lipinski definition) is 0. The molecule has 202 valence electrons. The monoisotopic (exact) mass is 544 g/mol. The van der Waals surface area contributed by atoms with Gasteiger partial charge in [0.05, 0.1) is 37.4 Å². The average Bonchev–Trinajstić information content (AvgIpc) is 3.43. The molecule has 0 saturated carbocycles. The lowest BCUT2D eigenvalue weighted by Gasteiger charge is -2.36. The number of amides is 1. The topological polar surface area (TPSA) is 68.3 Å². The number of rotatable bonds is 9. The first-order valence-corrected chi connectivity index (χ1v) is 13.8. The van der Waals surface area contributed by atoms with Crippen LogP contribution in [-0.4, -0.2) is 68.6 Å². The van der Waals surface area contributed by atoms with Crippen molar-refractivity contribution in [3.8, 4) is 5.75 Å². The van der Waals surface area contributed by atoms with Gasteiger partial charge in [-0.15, -0.1) is 11.3 Å². The molecule has 3 aromatic carbocycles. The molecule has 0 N–H and O–H groups in total. The van der Waals surface area contributed by atoms with Gasteiger partial charge in [0.15, 0.2) is 0 Å². The Hall–Kier alpha value is -3.72. The fraction of sp³-hybridized carbons (Fsp3) is 0.290. The SMILES string of the molecule is COC(=O)c1ccc(CO[C@@H](CN2CCN(C(=O)c3cc4ccccc4s3)CC2)c2cccc(OC)c2)cc1. The van der Waals surface area contributed by atoms with Crippen LogP contribution >= 0.6 is 11.3 Å². The number of fused-ring (bicyclic) bond motifs is 1. The summed E-state index contributed by atoms with van der Waals surface area (Å²) in [6, 6.07) is 25.3. The lowest BCUT2D eigenvalue weighted by atomic mass is 10.1. The van der Waals surface area contributed by atoms with Gasteiger partial charge in [0.1, 0.15) is 5.75 Å². The highest BCUT2D eigenvalue weighted by Crippen LogP contribution is 2.28. The Morgan fingerprint density at radius 1 is 0.897 bits per heavy atom. The molecule has 4 aromatic rings. The van der Waals surface area contributed by atoms with Gasteiger partial charge in [-0.25, -0.2) is 4.79 Å². The van der Waals surface area contributed by atoms with Crippen molar-refractivity contribution in [2.75, 3.05) is 46.9 Å². The molecular weight excluding hydrogens is 512 g/mol. The summed E-state index contributed by atoms with van der Waals surface area (Å²) in [6.45, 7) is 3.98. The fourth-order valence-electron chi connectivity index (χ4n) is 4.76. The summed E-state index contributed by atoms with van der Waals surface area (Å²) in [5.41, 5.74) is 2.51.